The minimum absolute atomic E-state index is 0.0545. The fraction of sp³-hybridized carbons (Fsp3) is 0.423. The lowest BCUT2D eigenvalue weighted by Gasteiger charge is -2.47. The number of benzene rings is 2. The van der Waals surface area contributed by atoms with E-state index in [-0.39, 0.29) is 22.9 Å². The highest BCUT2D eigenvalue weighted by Crippen LogP contribution is 2.44. The van der Waals surface area contributed by atoms with Gasteiger partial charge in [0.1, 0.15) is 6.61 Å². The van der Waals surface area contributed by atoms with Crippen molar-refractivity contribution in [2.75, 3.05) is 38.2 Å². The van der Waals surface area contributed by atoms with Crippen LogP contribution in [0.15, 0.2) is 49.0 Å². The molecule has 2 saturated heterocycles. The number of piperidine rings is 2. The Bertz CT molecular complexity index is 1040. The predicted molar refractivity (Wildman–Crippen MR) is 131 cm³/mol. The van der Waals surface area contributed by atoms with Crippen LogP contribution in [0.5, 0.6) is 5.75 Å². The molecule has 2 fully saturated rings. The number of likely N-dealkylation sites (tertiary alicyclic amines) is 1. The largest absolute Gasteiger partial charge is 0.490 e. The molecule has 34 heavy (non-hydrogen) atoms. The summed E-state index contributed by atoms with van der Waals surface area (Å²) < 4.78 is 10.8. The van der Waals surface area contributed by atoms with Gasteiger partial charge in [-0.2, -0.15) is 0 Å². The summed E-state index contributed by atoms with van der Waals surface area (Å²) in [6, 6.07) is 13.0. The molecule has 0 aromatic heterocycles. The molecule has 4 rings (SSSR count). The van der Waals surface area contributed by atoms with Crippen LogP contribution in [0, 0.1) is 15.5 Å². The van der Waals surface area contributed by atoms with E-state index in [0.29, 0.717) is 19.7 Å². The molecule has 2 aromatic carbocycles. The van der Waals surface area contributed by atoms with Gasteiger partial charge in [0, 0.05) is 49.6 Å². The van der Waals surface area contributed by atoms with Crippen LogP contribution < -0.4 is 9.64 Å². The van der Waals surface area contributed by atoms with Crippen molar-refractivity contribution in [2.45, 2.75) is 32.3 Å². The van der Waals surface area contributed by atoms with Gasteiger partial charge in [-0.3, -0.25) is 10.1 Å². The number of nitro groups is 1. The smallest absolute Gasteiger partial charge is 0.410 e. The summed E-state index contributed by atoms with van der Waals surface area (Å²) in [5.74, 6) is 0.258. The molecule has 1 amide bonds. The van der Waals surface area contributed by atoms with Crippen molar-refractivity contribution in [2.24, 2.45) is 5.41 Å². The number of methoxy groups -OCH3 is 1. The zero-order chi connectivity index (χ0) is 24.1. The van der Waals surface area contributed by atoms with Gasteiger partial charge in [0.15, 0.2) is 5.75 Å². The van der Waals surface area contributed by atoms with Gasteiger partial charge in [0.25, 0.3) is 0 Å². The molecule has 2 heterocycles. The van der Waals surface area contributed by atoms with Crippen LogP contribution >= 0.6 is 0 Å². The van der Waals surface area contributed by atoms with E-state index in [2.05, 4.69) is 11.5 Å². The lowest BCUT2D eigenvalue weighted by Crippen LogP contribution is -2.48. The lowest BCUT2D eigenvalue weighted by atomic mass is 9.71. The van der Waals surface area contributed by atoms with Gasteiger partial charge in [0.2, 0.25) is 0 Å². The quantitative estimate of drug-likeness (QED) is 0.427. The Balaban J connectivity index is 1.34. The van der Waals surface area contributed by atoms with E-state index in [1.807, 2.05) is 35.2 Å². The highest BCUT2D eigenvalue weighted by Gasteiger charge is 2.39. The standard InChI is InChI=1S/C26H31N3O5/c1-3-21-17-23(29(31)32)24(33-2)18-22(21)27-13-9-26(10-14-27)11-15-28(16-12-26)25(30)34-19-20-7-5-4-6-8-20/h3-8,17-18H,1,9-16,19H2,2H3. The molecular weight excluding hydrogens is 434 g/mol. The summed E-state index contributed by atoms with van der Waals surface area (Å²) in [4.78, 5) is 27.5. The van der Waals surface area contributed by atoms with Gasteiger partial charge in [-0.15, -0.1) is 0 Å². The Kier molecular flexibility index (Phi) is 7.05. The second-order valence-electron chi connectivity index (χ2n) is 9.06. The van der Waals surface area contributed by atoms with Crippen molar-refractivity contribution >= 4 is 23.5 Å². The van der Waals surface area contributed by atoms with E-state index in [9.17, 15) is 14.9 Å². The summed E-state index contributed by atoms with van der Waals surface area (Å²) in [6.45, 7) is 7.24. The van der Waals surface area contributed by atoms with Crippen molar-refractivity contribution in [1.82, 2.24) is 4.90 Å². The van der Waals surface area contributed by atoms with Crippen LogP contribution in [0.25, 0.3) is 6.08 Å². The Morgan fingerprint density at radius 1 is 1.12 bits per heavy atom. The summed E-state index contributed by atoms with van der Waals surface area (Å²) in [7, 11) is 1.45. The maximum absolute atomic E-state index is 12.5. The molecule has 0 radical (unpaired) electrons. The number of anilines is 1. The third kappa shape index (κ3) is 5.00. The van der Waals surface area contributed by atoms with E-state index >= 15 is 0 Å². The Labute approximate surface area is 199 Å². The number of hydrogen-bond donors (Lipinski definition) is 0. The summed E-state index contributed by atoms with van der Waals surface area (Å²) in [6.07, 6.45) is 5.35. The molecule has 180 valence electrons. The Hall–Kier alpha value is -3.55. The number of carbonyl (C=O) groups excluding carboxylic acids is 1. The molecule has 0 N–H and O–H groups in total. The molecule has 0 unspecified atom stereocenters. The first-order valence-corrected chi connectivity index (χ1v) is 11.6. The number of rotatable bonds is 6. The van der Waals surface area contributed by atoms with E-state index in [0.717, 1.165) is 55.6 Å². The summed E-state index contributed by atoms with van der Waals surface area (Å²) >= 11 is 0. The van der Waals surface area contributed by atoms with Gasteiger partial charge < -0.3 is 19.3 Å². The SMILES string of the molecule is C=Cc1cc([N+](=O)[O-])c(OC)cc1N1CCC2(CCN(C(=O)OCc3ccccc3)CC2)CC1. The number of nitrogens with zero attached hydrogens (tertiary/aromatic N) is 3. The Morgan fingerprint density at radius 3 is 2.35 bits per heavy atom. The second-order valence-corrected chi connectivity index (χ2v) is 9.06. The average Bonchev–Trinajstić information content (AvgIpc) is 2.88. The molecule has 2 aliphatic rings. The molecular formula is C26H31N3O5. The topological polar surface area (TPSA) is 85.2 Å². The van der Waals surface area contributed by atoms with Crippen molar-refractivity contribution < 1.29 is 19.2 Å². The Morgan fingerprint density at radius 2 is 1.76 bits per heavy atom. The zero-order valence-corrected chi connectivity index (χ0v) is 19.6. The van der Waals surface area contributed by atoms with Gasteiger partial charge in [-0.05, 0) is 36.7 Å². The van der Waals surface area contributed by atoms with Crippen LogP contribution in [-0.2, 0) is 11.3 Å². The first kappa shape index (κ1) is 23.6. The predicted octanol–water partition coefficient (Wildman–Crippen LogP) is 5.27. The van der Waals surface area contributed by atoms with E-state index < -0.39 is 4.92 Å². The van der Waals surface area contributed by atoms with Crippen LogP contribution in [-0.4, -0.2) is 49.2 Å². The lowest BCUT2D eigenvalue weighted by molar-refractivity contribution is -0.385. The zero-order valence-electron chi connectivity index (χ0n) is 19.6. The third-order valence-electron chi connectivity index (χ3n) is 7.20. The maximum atomic E-state index is 12.5. The van der Waals surface area contributed by atoms with Gasteiger partial charge in [-0.1, -0.05) is 43.0 Å². The van der Waals surface area contributed by atoms with Crippen LogP contribution in [0.3, 0.4) is 0 Å². The van der Waals surface area contributed by atoms with Crippen molar-refractivity contribution in [1.29, 1.82) is 0 Å². The highest BCUT2D eigenvalue weighted by atomic mass is 16.6. The normalized spacial score (nSPS) is 17.3. The maximum Gasteiger partial charge on any atom is 0.410 e. The van der Waals surface area contributed by atoms with E-state index in [4.69, 9.17) is 9.47 Å². The van der Waals surface area contributed by atoms with Crippen LogP contribution in [0.4, 0.5) is 16.2 Å². The molecule has 2 aliphatic heterocycles. The first-order valence-electron chi connectivity index (χ1n) is 11.6. The number of carbonyl (C=O) groups is 1. The molecule has 8 nitrogen and oxygen atoms in total. The summed E-state index contributed by atoms with van der Waals surface area (Å²) in [5, 5.41) is 11.4. The second kappa shape index (κ2) is 10.2. The molecule has 0 aliphatic carbocycles. The van der Waals surface area contributed by atoms with Gasteiger partial charge in [0.05, 0.1) is 12.0 Å². The fourth-order valence-electron chi connectivity index (χ4n) is 5.01. The molecule has 0 saturated carbocycles. The minimum atomic E-state index is -0.431. The molecule has 1 spiro atoms. The monoisotopic (exact) mass is 465 g/mol. The minimum Gasteiger partial charge on any atom is -0.490 e. The number of amides is 1. The molecule has 0 bridgehead atoms. The van der Waals surface area contributed by atoms with Crippen LogP contribution in [0.1, 0.15) is 36.8 Å². The number of hydrogen-bond acceptors (Lipinski definition) is 6. The van der Waals surface area contributed by atoms with Crippen molar-refractivity contribution in [3.63, 3.8) is 0 Å². The van der Waals surface area contributed by atoms with Crippen LogP contribution in [0.2, 0.25) is 0 Å². The third-order valence-corrected chi connectivity index (χ3v) is 7.20. The van der Waals surface area contributed by atoms with E-state index in [1.165, 1.54) is 13.2 Å². The summed E-state index contributed by atoms with van der Waals surface area (Å²) in [5.41, 5.74) is 2.79. The molecule has 0 atom stereocenters. The first-order chi connectivity index (χ1) is 16.4. The number of ether oxygens (including phenoxy) is 2. The molecule has 8 heteroatoms. The van der Waals surface area contributed by atoms with Gasteiger partial charge in [-0.25, -0.2) is 4.79 Å². The highest BCUT2D eigenvalue weighted by molar-refractivity contribution is 5.73. The van der Waals surface area contributed by atoms with Crippen molar-refractivity contribution in [3.8, 4) is 5.75 Å². The average molecular weight is 466 g/mol. The molecule has 2 aromatic rings. The fourth-order valence-corrected chi connectivity index (χ4v) is 5.01. The van der Waals surface area contributed by atoms with E-state index in [1.54, 1.807) is 12.1 Å². The van der Waals surface area contributed by atoms with Crippen molar-refractivity contribution in [3.05, 3.63) is 70.3 Å². The van der Waals surface area contributed by atoms with Gasteiger partial charge >= 0.3 is 11.8 Å². The number of nitro benzene ring substituents is 1.